The number of amides is 1. The van der Waals surface area contributed by atoms with E-state index in [1.165, 1.54) is 0 Å². The molecule has 0 saturated carbocycles. The van der Waals surface area contributed by atoms with Crippen LogP contribution in [-0.2, 0) is 14.8 Å². The van der Waals surface area contributed by atoms with Gasteiger partial charge in [-0.1, -0.05) is 17.7 Å². The van der Waals surface area contributed by atoms with Crippen molar-refractivity contribution in [3.05, 3.63) is 48.0 Å². The highest BCUT2D eigenvalue weighted by Gasteiger charge is 2.32. The lowest BCUT2D eigenvalue weighted by molar-refractivity contribution is -0.124. The average molecular weight is 360 g/mol. The standard InChI is InChI=1S/C18H20N2O4S/c1-12-4-7-14(8-5-12)25(22,23)20-13-6-9-15-16(10-13)24-11-18(2,3)17(21)19-15/h4-10,20H,11H2,1-3H3,(H,19,21). The van der Waals surface area contributed by atoms with E-state index in [1.807, 2.05) is 6.92 Å². The zero-order valence-corrected chi connectivity index (χ0v) is 15.1. The molecular weight excluding hydrogens is 340 g/mol. The van der Waals surface area contributed by atoms with E-state index in [9.17, 15) is 13.2 Å². The minimum absolute atomic E-state index is 0.140. The van der Waals surface area contributed by atoms with Crippen LogP contribution in [0.3, 0.4) is 0 Å². The Morgan fingerprint density at radius 2 is 1.80 bits per heavy atom. The fourth-order valence-electron chi connectivity index (χ4n) is 2.36. The molecule has 1 heterocycles. The summed E-state index contributed by atoms with van der Waals surface area (Å²) in [7, 11) is -3.69. The zero-order chi connectivity index (χ0) is 18.2. The molecule has 0 spiro atoms. The molecule has 1 aliphatic heterocycles. The summed E-state index contributed by atoms with van der Waals surface area (Å²) in [6.45, 7) is 5.67. The van der Waals surface area contributed by atoms with E-state index in [2.05, 4.69) is 10.0 Å². The van der Waals surface area contributed by atoms with Gasteiger partial charge in [0, 0.05) is 6.07 Å². The van der Waals surface area contributed by atoms with Crippen molar-refractivity contribution >= 4 is 27.3 Å². The molecule has 1 aliphatic rings. The van der Waals surface area contributed by atoms with Crippen molar-refractivity contribution in [2.75, 3.05) is 16.6 Å². The average Bonchev–Trinajstić information content (AvgIpc) is 2.65. The van der Waals surface area contributed by atoms with E-state index in [-0.39, 0.29) is 17.4 Å². The van der Waals surface area contributed by atoms with Gasteiger partial charge >= 0.3 is 0 Å². The largest absolute Gasteiger partial charge is 0.490 e. The van der Waals surface area contributed by atoms with Crippen LogP contribution >= 0.6 is 0 Å². The number of carbonyl (C=O) groups excluding carboxylic acids is 1. The molecule has 0 aromatic heterocycles. The summed E-state index contributed by atoms with van der Waals surface area (Å²) >= 11 is 0. The Kier molecular flexibility index (Phi) is 4.20. The van der Waals surface area contributed by atoms with Crippen molar-refractivity contribution in [1.82, 2.24) is 0 Å². The molecule has 132 valence electrons. The minimum atomic E-state index is -3.69. The molecule has 7 heteroatoms. The van der Waals surface area contributed by atoms with Gasteiger partial charge in [0.2, 0.25) is 5.91 Å². The monoisotopic (exact) mass is 360 g/mol. The van der Waals surface area contributed by atoms with E-state index >= 15 is 0 Å². The van der Waals surface area contributed by atoms with Crippen LogP contribution in [0.25, 0.3) is 0 Å². The van der Waals surface area contributed by atoms with Gasteiger partial charge in [0.05, 0.1) is 21.7 Å². The summed E-state index contributed by atoms with van der Waals surface area (Å²) in [5.41, 5.74) is 1.21. The quantitative estimate of drug-likeness (QED) is 0.881. The van der Waals surface area contributed by atoms with Crippen molar-refractivity contribution in [2.45, 2.75) is 25.7 Å². The Morgan fingerprint density at radius 1 is 1.12 bits per heavy atom. The van der Waals surface area contributed by atoms with Crippen molar-refractivity contribution in [3.63, 3.8) is 0 Å². The van der Waals surface area contributed by atoms with E-state index in [0.717, 1.165) is 5.56 Å². The first kappa shape index (κ1) is 17.3. The number of benzene rings is 2. The van der Waals surface area contributed by atoms with Gasteiger partial charge in [0.25, 0.3) is 10.0 Å². The number of hydrogen-bond donors (Lipinski definition) is 2. The van der Waals surface area contributed by atoms with Crippen LogP contribution in [0.4, 0.5) is 11.4 Å². The number of rotatable bonds is 3. The predicted octanol–water partition coefficient (Wildman–Crippen LogP) is 3.15. The Labute approximate surface area is 147 Å². The number of nitrogens with one attached hydrogen (secondary N) is 2. The summed E-state index contributed by atoms with van der Waals surface area (Å²) in [5, 5.41) is 2.80. The molecule has 0 atom stereocenters. The third-order valence-electron chi connectivity index (χ3n) is 4.02. The maximum absolute atomic E-state index is 12.5. The fourth-order valence-corrected chi connectivity index (χ4v) is 3.40. The van der Waals surface area contributed by atoms with Crippen molar-refractivity contribution in [2.24, 2.45) is 5.41 Å². The Bertz CT molecular complexity index is 919. The normalized spacial score (nSPS) is 16.2. The second-order valence-electron chi connectivity index (χ2n) is 6.76. The molecule has 0 unspecified atom stereocenters. The van der Waals surface area contributed by atoms with Gasteiger partial charge < -0.3 is 10.1 Å². The van der Waals surface area contributed by atoms with Crippen molar-refractivity contribution in [1.29, 1.82) is 0 Å². The van der Waals surface area contributed by atoms with Gasteiger partial charge in [-0.2, -0.15) is 0 Å². The van der Waals surface area contributed by atoms with Crippen LogP contribution in [-0.4, -0.2) is 20.9 Å². The van der Waals surface area contributed by atoms with Gasteiger partial charge in [-0.3, -0.25) is 9.52 Å². The number of anilines is 2. The number of fused-ring (bicyclic) bond motifs is 1. The van der Waals surface area contributed by atoms with Gasteiger partial charge in [0.1, 0.15) is 12.4 Å². The van der Waals surface area contributed by atoms with Gasteiger partial charge in [-0.25, -0.2) is 8.42 Å². The first-order chi connectivity index (χ1) is 11.7. The lowest BCUT2D eigenvalue weighted by atomic mass is 9.94. The van der Waals surface area contributed by atoms with Crippen LogP contribution in [0.2, 0.25) is 0 Å². The molecule has 2 aromatic carbocycles. The highest BCUT2D eigenvalue weighted by atomic mass is 32.2. The van der Waals surface area contributed by atoms with Crippen LogP contribution in [0, 0.1) is 12.3 Å². The van der Waals surface area contributed by atoms with Gasteiger partial charge in [-0.15, -0.1) is 0 Å². The molecule has 6 nitrogen and oxygen atoms in total. The van der Waals surface area contributed by atoms with Crippen LogP contribution in [0.15, 0.2) is 47.4 Å². The summed E-state index contributed by atoms with van der Waals surface area (Å²) < 4.78 is 33.2. The molecule has 1 amide bonds. The Balaban J connectivity index is 1.87. The minimum Gasteiger partial charge on any atom is -0.490 e. The summed E-state index contributed by atoms with van der Waals surface area (Å²) in [4.78, 5) is 12.3. The number of hydrogen-bond acceptors (Lipinski definition) is 4. The summed E-state index contributed by atoms with van der Waals surface area (Å²) in [5.74, 6) is 0.294. The molecule has 0 aliphatic carbocycles. The van der Waals surface area contributed by atoms with Crippen molar-refractivity contribution in [3.8, 4) is 5.75 Å². The summed E-state index contributed by atoms with van der Waals surface area (Å²) in [6.07, 6.45) is 0. The van der Waals surface area contributed by atoms with Crippen LogP contribution < -0.4 is 14.8 Å². The van der Waals surface area contributed by atoms with Crippen LogP contribution in [0.1, 0.15) is 19.4 Å². The molecular formula is C18H20N2O4S. The van der Waals surface area contributed by atoms with E-state index in [1.54, 1.807) is 56.3 Å². The first-order valence-electron chi connectivity index (χ1n) is 7.85. The zero-order valence-electron chi connectivity index (χ0n) is 14.3. The Morgan fingerprint density at radius 3 is 2.48 bits per heavy atom. The highest BCUT2D eigenvalue weighted by molar-refractivity contribution is 7.92. The molecule has 25 heavy (non-hydrogen) atoms. The maximum Gasteiger partial charge on any atom is 0.261 e. The molecule has 3 rings (SSSR count). The molecule has 0 bridgehead atoms. The SMILES string of the molecule is Cc1ccc(S(=O)(=O)Nc2ccc3c(c2)OCC(C)(C)C(=O)N3)cc1. The number of ether oxygens (including phenoxy) is 1. The Hall–Kier alpha value is -2.54. The number of carbonyl (C=O) groups is 1. The summed E-state index contributed by atoms with van der Waals surface area (Å²) in [6, 6.07) is 11.4. The second kappa shape index (κ2) is 6.07. The molecule has 0 radical (unpaired) electrons. The van der Waals surface area contributed by atoms with E-state index in [0.29, 0.717) is 17.1 Å². The number of sulfonamides is 1. The lowest BCUT2D eigenvalue weighted by Gasteiger charge is -2.18. The fraction of sp³-hybridized carbons (Fsp3) is 0.278. The van der Waals surface area contributed by atoms with E-state index < -0.39 is 15.4 Å². The third kappa shape index (κ3) is 3.61. The van der Waals surface area contributed by atoms with Gasteiger partial charge in [-0.05, 0) is 45.0 Å². The first-order valence-corrected chi connectivity index (χ1v) is 9.33. The topological polar surface area (TPSA) is 84.5 Å². The smallest absolute Gasteiger partial charge is 0.261 e. The lowest BCUT2D eigenvalue weighted by Crippen LogP contribution is -2.33. The van der Waals surface area contributed by atoms with Crippen molar-refractivity contribution < 1.29 is 17.9 Å². The molecule has 0 fully saturated rings. The molecule has 2 N–H and O–H groups in total. The maximum atomic E-state index is 12.5. The van der Waals surface area contributed by atoms with Gasteiger partial charge in [0.15, 0.2) is 0 Å². The molecule has 2 aromatic rings. The third-order valence-corrected chi connectivity index (χ3v) is 5.41. The highest BCUT2D eigenvalue weighted by Crippen LogP contribution is 2.34. The molecule has 0 saturated heterocycles. The van der Waals surface area contributed by atoms with Crippen LogP contribution in [0.5, 0.6) is 5.75 Å². The second-order valence-corrected chi connectivity index (χ2v) is 8.44. The number of aryl methyl sites for hydroxylation is 1. The van der Waals surface area contributed by atoms with E-state index in [4.69, 9.17) is 4.74 Å². The predicted molar refractivity (Wildman–Crippen MR) is 96.3 cm³/mol.